The molecule has 0 aliphatic heterocycles. The van der Waals surface area contributed by atoms with Crippen molar-refractivity contribution in [2.75, 3.05) is 11.9 Å². The van der Waals surface area contributed by atoms with Gasteiger partial charge in [-0.05, 0) is 17.7 Å². The zero-order valence-corrected chi connectivity index (χ0v) is 11.9. The molecule has 0 aliphatic carbocycles. The van der Waals surface area contributed by atoms with Crippen molar-refractivity contribution in [2.45, 2.75) is 33.0 Å². The molecule has 108 valence electrons. The highest BCUT2D eigenvalue weighted by Crippen LogP contribution is 2.14. The molecule has 0 radical (unpaired) electrons. The van der Waals surface area contributed by atoms with Crippen molar-refractivity contribution in [3.05, 3.63) is 41.5 Å². The molecule has 6 heteroatoms. The Kier molecular flexibility index (Phi) is 4.68. The van der Waals surface area contributed by atoms with Crippen molar-refractivity contribution >= 4 is 6.01 Å². The number of anilines is 1. The van der Waals surface area contributed by atoms with Gasteiger partial charge in [-0.3, -0.25) is 0 Å². The fourth-order valence-electron chi connectivity index (χ4n) is 1.74. The van der Waals surface area contributed by atoms with Gasteiger partial charge < -0.3 is 14.6 Å². The monoisotopic (exact) mass is 278 g/mol. The van der Waals surface area contributed by atoms with E-state index in [-0.39, 0.29) is 5.82 Å². The second-order valence-electron chi connectivity index (χ2n) is 5.00. The Balaban J connectivity index is 1.97. The number of benzene rings is 1. The molecule has 1 aromatic heterocycles. The van der Waals surface area contributed by atoms with E-state index in [1.165, 1.54) is 12.1 Å². The minimum Gasteiger partial charge on any atom is -0.407 e. The first kappa shape index (κ1) is 14.5. The molecule has 2 rings (SSSR count). The fraction of sp³-hybridized carbons (Fsp3) is 0.429. The van der Waals surface area contributed by atoms with Gasteiger partial charge in [-0.1, -0.05) is 31.1 Å². The number of nitrogens with zero attached hydrogens (tertiary/aromatic N) is 3. The van der Waals surface area contributed by atoms with Crippen LogP contribution >= 0.6 is 0 Å². The van der Waals surface area contributed by atoms with Gasteiger partial charge in [0.2, 0.25) is 5.89 Å². The van der Waals surface area contributed by atoms with Gasteiger partial charge in [-0.15, -0.1) is 5.10 Å². The van der Waals surface area contributed by atoms with Crippen LogP contribution in [0.15, 0.2) is 28.7 Å². The molecule has 1 aromatic carbocycles. The summed E-state index contributed by atoms with van der Waals surface area (Å²) in [6.07, 6.45) is 0. The summed E-state index contributed by atoms with van der Waals surface area (Å²) in [5, 5.41) is 11.2. The van der Waals surface area contributed by atoms with Gasteiger partial charge in [0.25, 0.3) is 0 Å². The maximum Gasteiger partial charge on any atom is 0.318 e. The Morgan fingerprint density at radius 1 is 1.35 bits per heavy atom. The SMILES string of the molecule is CC(C)NCc1nnc(N(C)Cc2cccc(F)c2)o1. The minimum atomic E-state index is -0.247. The smallest absolute Gasteiger partial charge is 0.318 e. The molecule has 1 N–H and O–H groups in total. The van der Waals surface area contributed by atoms with Crippen LogP contribution in [0.3, 0.4) is 0 Å². The van der Waals surface area contributed by atoms with Crippen molar-refractivity contribution in [1.29, 1.82) is 0 Å². The van der Waals surface area contributed by atoms with E-state index in [1.807, 2.05) is 27.0 Å². The quantitative estimate of drug-likeness (QED) is 0.879. The molecule has 0 fully saturated rings. The summed E-state index contributed by atoms with van der Waals surface area (Å²) in [6, 6.07) is 7.24. The summed E-state index contributed by atoms with van der Waals surface area (Å²) in [7, 11) is 1.83. The van der Waals surface area contributed by atoms with Gasteiger partial charge in [0.15, 0.2) is 0 Å². The Hall–Kier alpha value is -1.95. The van der Waals surface area contributed by atoms with Gasteiger partial charge in [0.05, 0.1) is 6.54 Å². The summed E-state index contributed by atoms with van der Waals surface area (Å²) in [5.41, 5.74) is 0.854. The molecule has 1 heterocycles. The standard InChI is InChI=1S/C14H19FN4O/c1-10(2)16-8-13-17-18-14(20-13)19(3)9-11-5-4-6-12(15)7-11/h4-7,10,16H,8-9H2,1-3H3. The Labute approximate surface area is 117 Å². The van der Waals surface area contributed by atoms with Crippen LogP contribution in [-0.2, 0) is 13.1 Å². The Morgan fingerprint density at radius 2 is 2.15 bits per heavy atom. The summed E-state index contributed by atoms with van der Waals surface area (Å²) >= 11 is 0. The maximum atomic E-state index is 13.1. The van der Waals surface area contributed by atoms with Gasteiger partial charge in [0.1, 0.15) is 5.82 Å². The third-order valence-corrected chi connectivity index (χ3v) is 2.75. The van der Waals surface area contributed by atoms with E-state index < -0.39 is 0 Å². The van der Waals surface area contributed by atoms with E-state index in [2.05, 4.69) is 15.5 Å². The summed E-state index contributed by atoms with van der Waals surface area (Å²) in [6.45, 7) is 5.15. The first-order valence-corrected chi connectivity index (χ1v) is 6.56. The molecule has 2 aromatic rings. The highest BCUT2D eigenvalue weighted by molar-refractivity contribution is 5.27. The summed E-state index contributed by atoms with van der Waals surface area (Å²) in [4.78, 5) is 1.79. The lowest BCUT2D eigenvalue weighted by Crippen LogP contribution is -2.22. The normalized spacial score (nSPS) is 11.1. The second kappa shape index (κ2) is 6.47. The molecule has 20 heavy (non-hydrogen) atoms. The third-order valence-electron chi connectivity index (χ3n) is 2.75. The highest BCUT2D eigenvalue weighted by atomic mass is 19.1. The summed E-state index contributed by atoms with van der Waals surface area (Å²) in [5.74, 6) is 0.294. The molecule has 0 saturated heterocycles. The van der Waals surface area contributed by atoms with Gasteiger partial charge >= 0.3 is 6.01 Å². The first-order valence-electron chi connectivity index (χ1n) is 6.56. The number of rotatable bonds is 6. The second-order valence-corrected chi connectivity index (χ2v) is 5.00. The van der Waals surface area contributed by atoms with Crippen LogP contribution in [0, 0.1) is 5.82 Å². The van der Waals surface area contributed by atoms with Crippen LogP contribution in [0.1, 0.15) is 25.3 Å². The van der Waals surface area contributed by atoms with E-state index in [9.17, 15) is 4.39 Å². The first-order chi connectivity index (χ1) is 9.54. The predicted octanol–water partition coefficient (Wildman–Crippen LogP) is 2.34. The highest BCUT2D eigenvalue weighted by Gasteiger charge is 2.11. The summed E-state index contributed by atoms with van der Waals surface area (Å²) < 4.78 is 18.7. The van der Waals surface area contributed by atoms with Crippen LogP contribution in [0.2, 0.25) is 0 Å². The van der Waals surface area contributed by atoms with Gasteiger partial charge in [-0.2, -0.15) is 0 Å². The van der Waals surface area contributed by atoms with Crippen molar-refractivity contribution in [2.24, 2.45) is 0 Å². The topological polar surface area (TPSA) is 54.2 Å². The number of nitrogens with one attached hydrogen (secondary N) is 1. The van der Waals surface area contributed by atoms with Gasteiger partial charge in [0, 0.05) is 19.6 Å². The van der Waals surface area contributed by atoms with E-state index in [1.54, 1.807) is 11.0 Å². The fourth-order valence-corrected chi connectivity index (χ4v) is 1.74. The molecular weight excluding hydrogens is 259 g/mol. The lowest BCUT2D eigenvalue weighted by atomic mass is 10.2. The van der Waals surface area contributed by atoms with Crippen molar-refractivity contribution in [3.63, 3.8) is 0 Å². The third kappa shape index (κ3) is 4.03. The van der Waals surface area contributed by atoms with Crippen LogP contribution in [-0.4, -0.2) is 23.3 Å². The van der Waals surface area contributed by atoms with Crippen LogP contribution in [0.25, 0.3) is 0 Å². The molecule has 0 spiro atoms. The molecular formula is C14H19FN4O. The average molecular weight is 278 g/mol. The molecule has 0 amide bonds. The number of hydrogen-bond acceptors (Lipinski definition) is 5. The number of aromatic nitrogens is 2. The van der Waals surface area contributed by atoms with E-state index in [0.29, 0.717) is 31.0 Å². The lowest BCUT2D eigenvalue weighted by Gasteiger charge is -2.13. The number of halogens is 1. The largest absolute Gasteiger partial charge is 0.407 e. The van der Waals surface area contributed by atoms with E-state index in [0.717, 1.165) is 5.56 Å². The molecule has 0 unspecified atom stereocenters. The average Bonchev–Trinajstić information content (AvgIpc) is 2.85. The van der Waals surface area contributed by atoms with Crippen LogP contribution < -0.4 is 10.2 Å². The zero-order chi connectivity index (χ0) is 14.5. The lowest BCUT2D eigenvalue weighted by molar-refractivity contribution is 0.449. The predicted molar refractivity (Wildman–Crippen MR) is 74.8 cm³/mol. The molecule has 0 saturated carbocycles. The van der Waals surface area contributed by atoms with Crippen LogP contribution in [0.5, 0.6) is 0 Å². The zero-order valence-electron chi connectivity index (χ0n) is 11.9. The van der Waals surface area contributed by atoms with Crippen molar-refractivity contribution in [1.82, 2.24) is 15.5 Å². The molecule has 5 nitrogen and oxygen atoms in total. The maximum absolute atomic E-state index is 13.1. The number of hydrogen-bond donors (Lipinski definition) is 1. The van der Waals surface area contributed by atoms with Crippen LogP contribution in [0.4, 0.5) is 10.4 Å². The molecule has 0 atom stereocenters. The Bertz CT molecular complexity index is 556. The van der Waals surface area contributed by atoms with Gasteiger partial charge in [-0.25, -0.2) is 4.39 Å². The van der Waals surface area contributed by atoms with E-state index in [4.69, 9.17) is 4.42 Å². The van der Waals surface area contributed by atoms with E-state index >= 15 is 0 Å². The molecule has 0 bridgehead atoms. The van der Waals surface area contributed by atoms with Crippen molar-refractivity contribution in [3.8, 4) is 0 Å². The van der Waals surface area contributed by atoms with Crippen molar-refractivity contribution < 1.29 is 8.81 Å². The molecule has 0 aliphatic rings. The Morgan fingerprint density at radius 3 is 2.85 bits per heavy atom. The minimum absolute atomic E-state index is 0.247.